The number of aliphatic hydroxyl groups excluding tert-OH is 1. The third-order valence-electron chi connectivity index (χ3n) is 4.16. The van der Waals surface area contributed by atoms with Crippen molar-refractivity contribution in [2.75, 3.05) is 37.6 Å². The van der Waals surface area contributed by atoms with E-state index in [4.69, 9.17) is 0 Å². The molecule has 1 aliphatic heterocycles. The monoisotopic (exact) mass is 397 g/mol. The lowest BCUT2D eigenvalue weighted by Gasteiger charge is -2.36. The predicted molar refractivity (Wildman–Crippen MR) is 91.9 cm³/mol. The van der Waals surface area contributed by atoms with Crippen molar-refractivity contribution in [3.8, 4) is 0 Å². The topological polar surface area (TPSA) is 39.6 Å². The van der Waals surface area contributed by atoms with Crippen LogP contribution in [0.25, 0.3) is 0 Å². The van der Waals surface area contributed by atoms with E-state index in [2.05, 4.69) is 30.7 Å². The van der Waals surface area contributed by atoms with E-state index in [1.165, 1.54) is 12.1 Å². The highest BCUT2D eigenvalue weighted by molar-refractivity contribution is 9.10. The molecule has 2 aromatic rings. The first-order chi connectivity index (χ1) is 11.5. The maximum atomic E-state index is 13.7. The molecule has 1 aliphatic rings. The molecule has 1 saturated heterocycles. The summed E-state index contributed by atoms with van der Waals surface area (Å²) in [7, 11) is 0. The van der Waals surface area contributed by atoms with Gasteiger partial charge in [0.2, 0.25) is 0 Å². The fourth-order valence-electron chi connectivity index (χ4n) is 2.83. The zero-order chi connectivity index (χ0) is 17.1. The second-order valence-corrected chi connectivity index (χ2v) is 6.72. The Kier molecular flexibility index (Phi) is 5.43. The van der Waals surface area contributed by atoms with Crippen LogP contribution in [-0.4, -0.2) is 47.7 Å². The van der Waals surface area contributed by atoms with Gasteiger partial charge in [0.05, 0.1) is 6.10 Å². The van der Waals surface area contributed by atoms with Gasteiger partial charge in [0.15, 0.2) is 0 Å². The van der Waals surface area contributed by atoms with Gasteiger partial charge < -0.3 is 10.0 Å². The molecule has 1 atom stereocenters. The number of pyridine rings is 1. The summed E-state index contributed by atoms with van der Waals surface area (Å²) in [5.41, 5.74) is 0.133. The van der Waals surface area contributed by atoms with Gasteiger partial charge in [0.25, 0.3) is 0 Å². The van der Waals surface area contributed by atoms with Crippen LogP contribution in [0.5, 0.6) is 0 Å². The minimum Gasteiger partial charge on any atom is -0.387 e. The number of aliphatic hydroxyl groups is 1. The number of hydrogen-bond acceptors (Lipinski definition) is 4. The van der Waals surface area contributed by atoms with Gasteiger partial charge in [-0.1, -0.05) is 6.07 Å². The van der Waals surface area contributed by atoms with Crippen molar-refractivity contribution in [2.24, 2.45) is 0 Å². The standard InChI is InChI=1S/C17H18BrF2N3O/c18-12-1-4-17(21-10-12)23-7-5-22(6-8-23)11-16(24)14-3-2-13(19)9-15(14)20/h1-4,9-10,16,24H,5-8,11H2. The Morgan fingerprint density at radius 3 is 2.50 bits per heavy atom. The number of rotatable bonds is 4. The molecule has 0 aliphatic carbocycles. The van der Waals surface area contributed by atoms with E-state index < -0.39 is 17.7 Å². The van der Waals surface area contributed by atoms with Crippen molar-refractivity contribution in [3.05, 3.63) is 58.2 Å². The van der Waals surface area contributed by atoms with Crippen molar-refractivity contribution in [3.63, 3.8) is 0 Å². The minimum absolute atomic E-state index is 0.133. The third-order valence-corrected chi connectivity index (χ3v) is 4.63. The van der Waals surface area contributed by atoms with Crippen LogP contribution in [0.4, 0.5) is 14.6 Å². The van der Waals surface area contributed by atoms with E-state index in [0.29, 0.717) is 6.54 Å². The Hall–Kier alpha value is -1.57. The van der Waals surface area contributed by atoms with Crippen LogP contribution in [0.2, 0.25) is 0 Å². The van der Waals surface area contributed by atoms with Gasteiger partial charge in [-0.25, -0.2) is 13.8 Å². The molecule has 24 heavy (non-hydrogen) atoms. The van der Waals surface area contributed by atoms with Crippen LogP contribution in [0, 0.1) is 11.6 Å². The molecule has 1 aromatic heterocycles. The fourth-order valence-corrected chi connectivity index (χ4v) is 3.06. The lowest BCUT2D eigenvalue weighted by Crippen LogP contribution is -2.47. The molecule has 1 aromatic carbocycles. The first-order valence-electron chi connectivity index (χ1n) is 7.75. The van der Waals surface area contributed by atoms with Crippen LogP contribution in [0.3, 0.4) is 0 Å². The summed E-state index contributed by atoms with van der Waals surface area (Å²) in [5, 5.41) is 10.2. The maximum Gasteiger partial charge on any atom is 0.131 e. The summed E-state index contributed by atoms with van der Waals surface area (Å²) < 4.78 is 27.6. The number of piperazine rings is 1. The largest absolute Gasteiger partial charge is 0.387 e. The molecule has 3 rings (SSSR count). The molecule has 7 heteroatoms. The number of halogens is 3. The number of nitrogens with zero attached hydrogens (tertiary/aromatic N) is 3. The van der Waals surface area contributed by atoms with Crippen LogP contribution >= 0.6 is 15.9 Å². The highest BCUT2D eigenvalue weighted by atomic mass is 79.9. The second-order valence-electron chi connectivity index (χ2n) is 5.80. The van der Waals surface area contributed by atoms with Crippen molar-refractivity contribution in [2.45, 2.75) is 6.10 Å². The summed E-state index contributed by atoms with van der Waals surface area (Å²) in [5.74, 6) is -0.428. The van der Waals surface area contributed by atoms with Gasteiger partial charge in [-0.15, -0.1) is 0 Å². The van der Waals surface area contributed by atoms with E-state index in [1.54, 1.807) is 6.20 Å². The second kappa shape index (κ2) is 7.55. The van der Waals surface area contributed by atoms with Gasteiger partial charge in [0.1, 0.15) is 17.5 Å². The summed E-state index contributed by atoms with van der Waals surface area (Å²) >= 11 is 3.37. The fraction of sp³-hybridized carbons (Fsp3) is 0.353. The van der Waals surface area contributed by atoms with Gasteiger partial charge in [-0.2, -0.15) is 0 Å². The average molecular weight is 398 g/mol. The van der Waals surface area contributed by atoms with E-state index in [9.17, 15) is 13.9 Å². The number of β-amino-alcohol motifs (C(OH)–C–C–N with tert-alkyl or cyclic N) is 1. The lowest BCUT2D eigenvalue weighted by atomic mass is 10.1. The first kappa shape index (κ1) is 17.3. The quantitative estimate of drug-likeness (QED) is 0.860. The summed E-state index contributed by atoms with van der Waals surface area (Å²) in [4.78, 5) is 8.63. The summed E-state index contributed by atoms with van der Waals surface area (Å²) in [6.45, 7) is 3.39. The molecule has 2 heterocycles. The normalized spacial score (nSPS) is 17.1. The Bertz CT molecular complexity index is 691. The molecular formula is C17H18BrF2N3O. The summed E-state index contributed by atoms with van der Waals surface area (Å²) in [6, 6.07) is 7.18. The number of benzene rings is 1. The molecule has 128 valence electrons. The predicted octanol–water partition coefficient (Wildman–Crippen LogP) is 2.98. The molecule has 4 nitrogen and oxygen atoms in total. The molecular weight excluding hydrogens is 380 g/mol. The molecule has 0 radical (unpaired) electrons. The van der Waals surface area contributed by atoms with Crippen LogP contribution in [0.1, 0.15) is 11.7 Å². The van der Waals surface area contributed by atoms with Gasteiger partial charge in [-0.05, 0) is 34.1 Å². The zero-order valence-corrected chi connectivity index (χ0v) is 14.6. The van der Waals surface area contributed by atoms with Gasteiger partial charge >= 0.3 is 0 Å². The van der Waals surface area contributed by atoms with E-state index in [0.717, 1.165) is 42.5 Å². The molecule has 0 bridgehead atoms. The molecule has 1 unspecified atom stereocenters. The van der Waals surface area contributed by atoms with E-state index >= 15 is 0 Å². The molecule has 0 spiro atoms. The molecule has 0 amide bonds. The first-order valence-corrected chi connectivity index (χ1v) is 8.54. The van der Waals surface area contributed by atoms with E-state index in [-0.39, 0.29) is 5.56 Å². The van der Waals surface area contributed by atoms with Gasteiger partial charge in [-0.3, -0.25) is 4.90 Å². The lowest BCUT2D eigenvalue weighted by molar-refractivity contribution is 0.106. The Labute approximate surface area is 147 Å². The van der Waals surface area contributed by atoms with Crippen LogP contribution < -0.4 is 4.90 Å². The summed E-state index contributed by atoms with van der Waals surface area (Å²) in [6.07, 6.45) is 0.797. The Balaban J connectivity index is 1.56. The third kappa shape index (κ3) is 4.09. The smallest absolute Gasteiger partial charge is 0.131 e. The van der Waals surface area contributed by atoms with Crippen molar-refractivity contribution < 1.29 is 13.9 Å². The SMILES string of the molecule is OC(CN1CCN(c2ccc(Br)cn2)CC1)c1ccc(F)cc1F. The molecule has 1 fully saturated rings. The van der Waals surface area contributed by atoms with E-state index in [1.807, 2.05) is 12.1 Å². The zero-order valence-electron chi connectivity index (χ0n) is 13.0. The molecule has 1 N–H and O–H groups in total. The Morgan fingerprint density at radius 2 is 1.88 bits per heavy atom. The molecule has 0 saturated carbocycles. The van der Waals surface area contributed by atoms with Crippen molar-refractivity contribution in [1.29, 1.82) is 0 Å². The number of hydrogen-bond donors (Lipinski definition) is 1. The maximum absolute atomic E-state index is 13.7. The van der Waals surface area contributed by atoms with Gasteiger partial charge in [0, 0.05) is 55.0 Å². The van der Waals surface area contributed by atoms with Crippen LogP contribution in [0.15, 0.2) is 41.0 Å². The Morgan fingerprint density at radius 1 is 1.12 bits per heavy atom. The van der Waals surface area contributed by atoms with Crippen LogP contribution in [-0.2, 0) is 0 Å². The highest BCUT2D eigenvalue weighted by Gasteiger charge is 2.22. The van der Waals surface area contributed by atoms with Crippen molar-refractivity contribution >= 4 is 21.7 Å². The number of anilines is 1. The highest BCUT2D eigenvalue weighted by Crippen LogP contribution is 2.21. The number of aromatic nitrogens is 1. The van der Waals surface area contributed by atoms with Crippen molar-refractivity contribution in [1.82, 2.24) is 9.88 Å². The minimum atomic E-state index is -0.969. The average Bonchev–Trinajstić information content (AvgIpc) is 2.56.